The fraction of sp³-hybridized carbons (Fsp3) is 0.500. The molecule has 0 aromatic heterocycles. The molecular weight excluding hydrogens is 284 g/mol. The van der Waals surface area contributed by atoms with Gasteiger partial charge >= 0.3 is 0 Å². The highest BCUT2D eigenvalue weighted by Crippen LogP contribution is 2.26. The first-order valence-electron chi connectivity index (χ1n) is 6.15. The first-order valence-corrected chi connectivity index (χ1v) is 7.59. The molecule has 8 heteroatoms. The number of rotatable bonds is 4. The highest BCUT2D eigenvalue weighted by Gasteiger charge is 2.30. The van der Waals surface area contributed by atoms with E-state index in [1.807, 2.05) is 0 Å². The first-order chi connectivity index (χ1) is 9.48. The van der Waals surface area contributed by atoms with Crippen LogP contribution < -0.4 is 10.5 Å². The van der Waals surface area contributed by atoms with Crippen LogP contribution in [-0.2, 0) is 14.8 Å². The molecule has 0 radical (unpaired) electrons. The molecule has 112 valence electrons. The van der Waals surface area contributed by atoms with Crippen molar-refractivity contribution in [2.45, 2.75) is 11.0 Å². The second-order valence-electron chi connectivity index (χ2n) is 4.44. The van der Waals surface area contributed by atoms with Gasteiger partial charge < -0.3 is 20.3 Å². The van der Waals surface area contributed by atoms with Gasteiger partial charge in [0.15, 0.2) is 0 Å². The van der Waals surface area contributed by atoms with Crippen LogP contribution in [0.5, 0.6) is 5.75 Å². The fourth-order valence-electron chi connectivity index (χ4n) is 2.04. The molecule has 1 aromatic carbocycles. The maximum Gasteiger partial charge on any atom is 0.243 e. The normalized spacial score (nSPS) is 20.8. The molecule has 0 amide bonds. The van der Waals surface area contributed by atoms with Crippen LogP contribution in [-0.4, -0.2) is 57.3 Å². The van der Waals surface area contributed by atoms with Crippen LogP contribution in [0.2, 0.25) is 0 Å². The van der Waals surface area contributed by atoms with E-state index in [1.165, 1.54) is 29.6 Å². The molecule has 0 spiro atoms. The Kier molecular flexibility index (Phi) is 4.48. The summed E-state index contributed by atoms with van der Waals surface area (Å²) in [5.74, 6) is 0.430. The SMILES string of the molecule is COc1ccc(S(=O)(=O)N2CCOC(CO)C2)cc1N. The lowest BCUT2D eigenvalue weighted by atomic mass is 10.3. The van der Waals surface area contributed by atoms with E-state index < -0.39 is 16.1 Å². The van der Waals surface area contributed by atoms with Crippen LogP contribution in [0.25, 0.3) is 0 Å². The van der Waals surface area contributed by atoms with E-state index in [1.54, 1.807) is 0 Å². The molecule has 2 rings (SSSR count). The zero-order chi connectivity index (χ0) is 14.8. The third-order valence-corrected chi connectivity index (χ3v) is 5.01. The highest BCUT2D eigenvalue weighted by molar-refractivity contribution is 7.89. The summed E-state index contributed by atoms with van der Waals surface area (Å²) in [7, 11) is -2.18. The number of hydrogen-bond acceptors (Lipinski definition) is 6. The van der Waals surface area contributed by atoms with Gasteiger partial charge in [0.2, 0.25) is 10.0 Å². The number of aliphatic hydroxyl groups is 1. The monoisotopic (exact) mass is 302 g/mol. The maximum atomic E-state index is 12.5. The van der Waals surface area contributed by atoms with Gasteiger partial charge in [0.05, 0.1) is 37.0 Å². The van der Waals surface area contributed by atoms with Crippen LogP contribution in [0.3, 0.4) is 0 Å². The summed E-state index contributed by atoms with van der Waals surface area (Å²) in [6, 6.07) is 4.34. The molecule has 1 aliphatic heterocycles. The van der Waals surface area contributed by atoms with Gasteiger partial charge in [-0.25, -0.2) is 8.42 Å². The number of nitrogens with zero attached hydrogens (tertiary/aromatic N) is 1. The maximum absolute atomic E-state index is 12.5. The van der Waals surface area contributed by atoms with E-state index in [-0.39, 0.29) is 36.9 Å². The number of aliphatic hydroxyl groups excluding tert-OH is 1. The summed E-state index contributed by atoms with van der Waals surface area (Å²) in [5.41, 5.74) is 6.00. The lowest BCUT2D eigenvalue weighted by Crippen LogP contribution is -2.46. The second-order valence-corrected chi connectivity index (χ2v) is 6.38. The van der Waals surface area contributed by atoms with E-state index in [0.29, 0.717) is 5.75 Å². The van der Waals surface area contributed by atoms with Crippen LogP contribution in [0, 0.1) is 0 Å². The molecule has 1 heterocycles. The minimum Gasteiger partial charge on any atom is -0.495 e. The predicted molar refractivity (Wildman–Crippen MR) is 73.0 cm³/mol. The van der Waals surface area contributed by atoms with Crippen molar-refractivity contribution >= 4 is 15.7 Å². The van der Waals surface area contributed by atoms with Gasteiger partial charge in [-0.1, -0.05) is 0 Å². The van der Waals surface area contributed by atoms with Crippen molar-refractivity contribution in [3.63, 3.8) is 0 Å². The molecule has 3 N–H and O–H groups in total. The average Bonchev–Trinajstić information content (AvgIpc) is 2.47. The number of sulfonamides is 1. The third-order valence-electron chi connectivity index (χ3n) is 3.14. The van der Waals surface area contributed by atoms with Crippen molar-refractivity contribution in [3.8, 4) is 5.75 Å². The Hall–Kier alpha value is -1.35. The van der Waals surface area contributed by atoms with Crippen LogP contribution in [0.4, 0.5) is 5.69 Å². The number of benzene rings is 1. The molecule has 7 nitrogen and oxygen atoms in total. The van der Waals surface area contributed by atoms with Crippen LogP contribution in [0.1, 0.15) is 0 Å². The zero-order valence-electron chi connectivity index (χ0n) is 11.2. The van der Waals surface area contributed by atoms with Crippen molar-refractivity contribution < 1.29 is 23.0 Å². The number of methoxy groups -OCH3 is 1. The summed E-state index contributed by atoms with van der Waals surface area (Å²) in [6.07, 6.45) is -0.492. The molecule has 1 aromatic rings. The Balaban J connectivity index is 2.28. The lowest BCUT2D eigenvalue weighted by Gasteiger charge is -2.31. The van der Waals surface area contributed by atoms with Gasteiger partial charge in [-0.2, -0.15) is 4.31 Å². The van der Waals surface area contributed by atoms with Gasteiger partial charge in [-0.3, -0.25) is 0 Å². The van der Waals surface area contributed by atoms with Crippen molar-refractivity contribution in [2.24, 2.45) is 0 Å². The smallest absolute Gasteiger partial charge is 0.243 e. The van der Waals surface area contributed by atoms with Crippen molar-refractivity contribution in [2.75, 3.05) is 39.1 Å². The number of hydrogen-bond donors (Lipinski definition) is 2. The molecule has 1 aliphatic rings. The molecule has 1 atom stereocenters. The van der Waals surface area contributed by atoms with Gasteiger partial charge in [0, 0.05) is 13.1 Å². The number of ether oxygens (including phenoxy) is 2. The summed E-state index contributed by atoms with van der Waals surface area (Å²) >= 11 is 0. The minimum atomic E-state index is -3.65. The Morgan fingerprint density at radius 2 is 2.30 bits per heavy atom. The van der Waals surface area contributed by atoms with Gasteiger partial charge in [0.1, 0.15) is 5.75 Å². The predicted octanol–water partition coefficient (Wildman–Crippen LogP) is -0.341. The Labute approximate surface area is 117 Å². The molecule has 0 saturated carbocycles. The van der Waals surface area contributed by atoms with Crippen molar-refractivity contribution in [3.05, 3.63) is 18.2 Å². The third kappa shape index (κ3) is 2.88. The van der Waals surface area contributed by atoms with Crippen LogP contribution >= 0.6 is 0 Å². The number of morpholine rings is 1. The summed E-state index contributed by atoms with van der Waals surface area (Å²) in [6.45, 7) is 0.433. The largest absolute Gasteiger partial charge is 0.495 e. The molecular formula is C12H18N2O5S. The molecule has 1 saturated heterocycles. The first kappa shape index (κ1) is 15.0. The topological polar surface area (TPSA) is 102 Å². The second kappa shape index (κ2) is 5.96. The number of nitrogens with two attached hydrogens (primary N) is 1. The van der Waals surface area contributed by atoms with Crippen LogP contribution in [0.15, 0.2) is 23.1 Å². The average molecular weight is 302 g/mol. The van der Waals surface area contributed by atoms with Crippen molar-refractivity contribution in [1.82, 2.24) is 4.31 Å². The molecule has 20 heavy (non-hydrogen) atoms. The summed E-state index contributed by atoms with van der Waals surface area (Å²) < 4.78 is 36.5. The summed E-state index contributed by atoms with van der Waals surface area (Å²) in [4.78, 5) is 0.106. The quantitative estimate of drug-likeness (QED) is 0.738. The van der Waals surface area contributed by atoms with E-state index in [2.05, 4.69) is 0 Å². The lowest BCUT2D eigenvalue weighted by molar-refractivity contribution is -0.0304. The van der Waals surface area contributed by atoms with Gasteiger partial charge in [-0.15, -0.1) is 0 Å². The molecule has 0 aliphatic carbocycles. The molecule has 1 fully saturated rings. The van der Waals surface area contributed by atoms with Crippen molar-refractivity contribution in [1.29, 1.82) is 0 Å². The van der Waals surface area contributed by atoms with Gasteiger partial charge in [-0.05, 0) is 18.2 Å². The Morgan fingerprint density at radius 3 is 2.90 bits per heavy atom. The summed E-state index contributed by atoms with van der Waals surface area (Å²) in [5, 5.41) is 9.07. The fourth-order valence-corrected chi connectivity index (χ4v) is 3.53. The highest BCUT2D eigenvalue weighted by atomic mass is 32.2. The number of nitrogen functional groups attached to an aromatic ring is 1. The van der Waals surface area contributed by atoms with E-state index in [9.17, 15) is 8.42 Å². The Bertz CT molecular complexity index is 575. The standard InChI is InChI=1S/C12H18N2O5S/c1-18-12-3-2-10(6-11(12)13)20(16,17)14-4-5-19-9(7-14)8-15/h2-3,6,9,15H,4-5,7-8,13H2,1H3. The minimum absolute atomic E-state index is 0.106. The molecule has 1 unspecified atom stereocenters. The van der Waals surface area contributed by atoms with E-state index in [4.69, 9.17) is 20.3 Å². The zero-order valence-corrected chi connectivity index (χ0v) is 12.0. The molecule has 0 bridgehead atoms. The Morgan fingerprint density at radius 1 is 1.55 bits per heavy atom. The van der Waals surface area contributed by atoms with Gasteiger partial charge in [0.25, 0.3) is 0 Å². The van der Waals surface area contributed by atoms with E-state index in [0.717, 1.165) is 0 Å². The van der Waals surface area contributed by atoms with E-state index >= 15 is 0 Å². The number of anilines is 1.